The van der Waals surface area contributed by atoms with Crippen LogP contribution in [0.2, 0.25) is 0 Å². The van der Waals surface area contributed by atoms with Crippen LogP contribution >= 0.6 is 0 Å². The van der Waals surface area contributed by atoms with Gasteiger partial charge >= 0.3 is 0 Å². The lowest BCUT2D eigenvalue weighted by Crippen LogP contribution is -2.49. The zero-order chi connectivity index (χ0) is 10.4. The molecular weight excluding hydrogens is 174 g/mol. The summed E-state index contributed by atoms with van der Waals surface area (Å²) in [6.07, 6.45) is 1.28. The predicted molar refractivity (Wildman–Crippen MR) is 61.7 cm³/mol. The lowest BCUT2D eigenvalue weighted by Gasteiger charge is -2.36. The molecule has 0 saturated carbocycles. The maximum Gasteiger partial charge on any atom is 0.0113 e. The van der Waals surface area contributed by atoms with Crippen molar-refractivity contribution in [2.24, 2.45) is 0 Å². The van der Waals surface area contributed by atoms with Crippen molar-refractivity contribution >= 4 is 0 Å². The zero-order valence-electron chi connectivity index (χ0n) is 9.92. The summed E-state index contributed by atoms with van der Waals surface area (Å²) < 4.78 is 0. The van der Waals surface area contributed by atoms with Gasteiger partial charge in [-0.15, -0.1) is 0 Å². The van der Waals surface area contributed by atoms with Crippen LogP contribution in [0.4, 0.5) is 0 Å². The molecule has 1 aliphatic rings. The average Bonchev–Trinajstić information content (AvgIpc) is 2.19. The molecule has 0 aliphatic carbocycles. The van der Waals surface area contributed by atoms with Gasteiger partial charge in [-0.05, 0) is 40.4 Å². The van der Waals surface area contributed by atoms with Gasteiger partial charge in [0.1, 0.15) is 0 Å². The summed E-state index contributed by atoms with van der Waals surface area (Å²) in [5.41, 5.74) is 0. The van der Waals surface area contributed by atoms with Crippen LogP contribution < -0.4 is 5.32 Å². The van der Waals surface area contributed by atoms with E-state index < -0.39 is 0 Å². The van der Waals surface area contributed by atoms with Gasteiger partial charge in [-0.1, -0.05) is 0 Å². The molecule has 0 spiro atoms. The van der Waals surface area contributed by atoms with Gasteiger partial charge in [0, 0.05) is 32.2 Å². The van der Waals surface area contributed by atoms with Crippen molar-refractivity contribution in [2.45, 2.75) is 26.3 Å². The van der Waals surface area contributed by atoms with Gasteiger partial charge in [0.05, 0.1) is 0 Å². The molecule has 0 bridgehead atoms. The predicted octanol–water partition coefficient (Wildman–Crippen LogP) is 0.622. The minimum atomic E-state index is 0.717. The molecule has 1 saturated heterocycles. The highest BCUT2D eigenvalue weighted by Crippen LogP contribution is 2.05. The van der Waals surface area contributed by atoms with Crippen molar-refractivity contribution in [3.05, 3.63) is 0 Å². The second-order valence-electron chi connectivity index (χ2n) is 4.43. The fourth-order valence-electron chi connectivity index (χ4n) is 1.98. The van der Waals surface area contributed by atoms with Crippen molar-refractivity contribution in [1.82, 2.24) is 15.1 Å². The topological polar surface area (TPSA) is 18.5 Å². The van der Waals surface area contributed by atoms with Crippen molar-refractivity contribution in [1.29, 1.82) is 0 Å². The second kappa shape index (κ2) is 6.38. The third kappa shape index (κ3) is 3.95. The molecule has 1 heterocycles. The fraction of sp³-hybridized carbons (Fsp3) is 1.00. The first-order valence-corrected chi connectivity index (χ1v) is 5.85. The van der Waals surface area contributed by atoms with Crippen LogP contribution in [-0.2, 0) is 0 Å². The van der Waals surface area contributed by atoms with Gasteiger partial charge in [0.2, 0.25) is 0 Å². The van der Waals surface area contributed by atoms with Crippen molar-refractivity contribution in [3.8, 4) is 0 Å². The number of nitrogens with zero attached hydrogens (tertiary/aromatic N) is 2. The highest BCUT2D eigenvalue weighted by molar-refractivity contribution is 4.74. The van der Waals surface area contributed by atoms with Gasteiger partial charge in [-0.3, -0.25) is 4.90 Å². The number of rotatable bonds is 5. The fourth-order valence-corrected chi connectivity index (χ4v) is 1.98. The summed E-state index contributed by atoms with van der Waals surface area (Å²) in [7, 11) is 2.02. The van der Waals surface area contributed by atoms with Gasteiger partial charge in [-0.2, -0.15) is 0 Å². The number of nitrogens with one attached hydrogen (secondary N) is 1. The molecule has 0 unspecified atom stereocenters. The lowest BCUT2D eigenvalue weighted by molar-refractivity contribution is 0.108. The summed E-state index contributed by atoms with van der Waals surface area (Å²) >= 11 is 0. The summed E-state index contributed by atoms with van der Waals surface area (Å²) in [4.78, 5) is 5.14. The molecule has 0 aromatic rings. The normalized spacial score (nSPS) is 20.6. The Bertz CT molecular complexity index is 139. The van der Waals surface area contributed by atoms with E-state index in [0.717, 1.165) is 12.6 Å². The highest BCUT2D eigenvalue weighted by atomic mass is 15.3. The molecule has 3 heteroatoms. The smallest absolute Gasteiger partial charge is 0.0113 e. The largest absolute Gasteiger partial charge is 0.320 e. The third-order valence-electron chi connectivity index (χ3n) is 3.04. The third-order valence-corrected chi connectivity index (χ3v) is 3.04. The van der Waals surface area contributed by atoms with E-state index in [0.29, 0.717) is 0 Å². The summed E-state index contributed by atoms with van der Waals surface area (Å²) in [6.45, 7) is 12.0. The van der Waals surface area contributed by atoms with Gasteiger partial charge in [0.25, 0.3) is 0 Å². The SMILES string of the molecule is CNCCCN1CCN(C(C)C)CC1. The average molecular weight is 199 g/mol. The quantitative estimate of drug-likeness (QED) is 0.655. The second-order valence-corrected chi connectivity index (χ2v) is 4.43. The van der Waals surface area contributed by atoms with E-state index in [2.05, 4.69) is 29.0 Å². The molecule has 1 fully saturated rings. The Balaban J connectivity index is 2.09. The number of hydrogen-bond donors (Lipinski definition) is 1. The monoisotopic (exact) mass is 199 g/mol. The minimum Gasteiger partial charge on any atom is -0.320 e. The van der Waals surface area contributed by atoms with E-state index in [9.17, 15) is 0 Å². The molecule has 3 nitrogen and oxygen atoms in total. The zero-order valence-corrected chi connectivity index (χ0v) is 9.92. The Hall–Kier alpha value is -0.120. The molecule has 0 amide bonds. The van der Waals surface area contributed by atoms with E-state index in [1.165, 1.54) is 39.1 Å². The Morgan fingerprint density at radius 3 is 2.29 bits per heavy atom. The Morgan fingerprint density at radius 2 is 1.79 bits per heavy atom. The van der Waals surface area contributed by atoms with E-state index >= 15 is 0 Å². The standard InChI is InChI=1S/C11H25N3/c1-11(2)14-9-7-13(8-10-14)6-4-5-12-3/h11-12H,4-10H2,1-3H3. The summed E-state index contributed by atoms with van der Waals surface area (Å²) in [6, 6.07) is 0.717. The van der Waals surface area contributed by atoms with Gasteiger partial charge < -0.3 is 10.2 Å². The first kappa shape index (κ1) is 12.0. The summed E-state index contributed by atoms with van der Waals surface area (Å²) in [5, 5.41) is 3.20. The van der Waals surface area contributed by atoms with Crippen molar-refractivity contribution in [2.75, 3.05) is 46.3 Å². The molecule has 0 radical (unpaired) electrons. The first-order chi connectivity index (χ1) is 6.74. The minimum absolute atomic E-state index is 0.717. The maximum absolute atomic E-state index is 3.20. The number of piperazine rings is 1. The molecule has 0 aromatic heterocycles. The molecular formula is C11H25N3. The lowest BCUT2D eigenvalue weighted by atomic mass is 10.2. The van der Waals surface area contributed by atoms with Crippen LogP contribution in [-0.4, -0.2) is 62.2 Å². The maximum atomic E-state index is 3.20. The van der Waals surface area contributed by atoms with Crippen molar-refractivity contribution < 1.29 is 0 Å². The summed E-state index contributed by atoms with van der Waals surface area (Å²) in [5.74, 6) is 0. The highest BCUT2D eigenvalue weighted by Gasteiger charge is 2.17. The molecule has 0 atom stereocenters. The molecule has 0 aromatic carbocycles. The molecule has 14 heavy (non-hydrogen) atoms. The van der Waals surface area contributed by atoms with E-state index in [1.54, 1.807) is 0 Å². The number of hydrogen-bond acceptors (Lipinski definition) is 3. The van der Waals surface area contributed by atoms with Gasteiger partial charge in [-0.25, -0.2) is 0 Å². The van der Waals surface area contributed by atoms with E-state index in [4.69, 9.17) is 0 Å². The van der Waals surface area contributed by atoms with E-state index in [-0.39, 0.29) is 0 Å². The Labute approximate surface area is 88.5 Å². The first-order valence-electron chi connectivity index (χ1n) is 5.85. The molecule has 1 aliphatic heterocycles. The molecule has 1 N–H and O–H groups in total. The Kier molecular flexibility index (Phi) is 5.45. The van der Waals surface area contributed by atoms with Crippen LogP contribution in [0.5, 0.6) is 0 Å². The van der Waals surface area contributed by atoms with Crippen molar-refractivity contribution in [3.63, 3.8) is 0 Å². The van der Waals surface area contributed by atoms with Gasteiger partial charge in [0.15, 0.2) is 0 Å². The Morgan fingerprint density at radius 1 is 1.14 bits per heavy atom. The van der Waals surface area contributed by atoms with Crippen LogP contribution in [0.3, 0.4) is 0 Å². The van der Waals surface area contributed by atoms with Crippen LogP contribution in [0, 0.1) is 0 Å². The van der Waals surface area contributed by atoms with E-state index in [1.807, 2.05) is 7.05 Å². The molecule has 1 rings (SSSR count). The van der Waals surface area contributed by atoms with Crippen LogP contribution in [0.25, 0.3) is 0 Å². The van der Waals surface area contributed by atoms with Crippen LogP contribution in [0.15, 0.2) is 0 Å². The molecule has 84 valence electrons. The van der Waals surface area contributed by atoms with Crippen LogP contribution in [0.1, 0.15) is 20.3 Å².